The van der Waals surface area contributed by atoms with Crippen LogP contribution in [0, 0.1) is 10.1 Å². The third-order valence-electron chi connectivity index (χ3n) is 4.94. The second-order valence-corrected chi connectivity index (χ2v) is 6.91. The normalized spacial score (nSPS) is 21.5. The standard InChI is InChI=1S/C18H18ClN3O3/c19-11-3-5-15-13(8-11)14-9-12(22(24)25)4-6-16(14)21(15)17-2-1-7-20-10-18(17)23/h3-6,8-9,17-18,20,23H,1-2,7,10H2/t17-,18-/m1/s1. The number of hydrogen-bond donors (Lipinski definition) is 2. The molecular weight excluding hydrogens is 342 g/mol. The van der Waals surface area contributed by atoms with Crippen molar-refractivity contribution in [3.63, 3.8) is 0 Å². The molecule has 1 fully saturated rings. The van der Waals surface area contributed by atoms with E-state index in [0.29, 0.717) is 11.6 Å². The average molecular weight is 360 g/mol. The Morgan fingerprint density at radius 3 is 2.68 bits per heavy atom. The van der Waals surface area contributed by atoms with Crippen LogP contribution in [0.5, 0.6) is 0 Å². The molecule has 25 heavy (non-hydrogen) atoms. The molecule has 2 aromatic carbocycles. The fraction of sp³-hybridized carbons (Fsp3) is 0.333. The zero-order valence-corrected chi connectivity index (χ0v) is 14.2. The number of aromatic nitrogens is 1. The van der Waals surface area contributed by atoms with E-state index >= 15 is 0 Å². The highest BCUT2D eigenvalue weighted by atomic mass is 35.5. The van der Waals surface area contributed by atoms with E-state index in [2.05, 4.69) is 9.88 Å². The molecule has 2 N–H and O–H groups in total. The zero-order valence-electron chi connectivity index (χ0n) is 13.5. The lowest BCUT2D eigenvalue weighted by Crippen LogP contribution is -2.31. The molecule has 4 rings (SSSR count). The summed E-state index contributed by atoms with van der Waals surface area (Å²) in [5, 5.41) is 27.3. The summed E-state index contributed by atoms with van der Waals surface area (Å²) in [5.41, 5.74) is 1.87. The number of fused-ring (bicyclic) bond motifs is 3. The van der Waals surface area contributed by atoms with Gasteiger partial charge in [-0.25, -0.2) is 0 Å². The molecule has 1 aromatic heterocycles. The highest BCUT2D eigenvalue weighted by Gasteiger charge is 2.27. The molecule has 0 amide bonds. The predicted octanol–water partition coefficient (Wildman–Crippen LogP) is 3.64. The van der Waals surface area contributed by atoms with Crippen molar-refractivity contribution < 1.29 is 10.0 Å². The van der Waals surface area contributed by atoms with E-state index in [0.717, 1.165) is 41.2 Å². The first kappa shape index (κ1) is 16.3. The van der Waals surface area contributed by atoms with Crippen LogP contribution in [0.1, 0.15) is 18.9 Å². The quantitative estimate of drug-likeness (QED) is 0.540. The van der Waals surface area contributed by atoms with Crippen molar-refractivity contribution in [3.05, 3.63) is 51.5 Å². The van der Waals surface area contributed by atoms with Crippen molar-refractivity contribution in [3.8, 4) is 0 Å². The van der Waals surface area contributed by atoms with E-state index in [9.17, 15) is 15.2 Å². The Hall–Kier alpha value is -2.15. The zero-order chi connectivity index (χ0) is 17.6. The molecule has 0 saturated carbocycles. The summed E-state index contributed by atoms with van der Waals surface area (Å²) >= 11 is 6.17. The van der Waals surface area contributed by atoms with Gasteiger partial charge >= 0.3 is 0 Å². The average Bonchev–Trinajstić information content (AvgIpc) is 2.74. The number of nitro benzene ring substituents is 1. The van der Waals surface area contributed by atoms with Crippen LogP contribution in [0.4, 0.5) is 5.69 Å². The number of nitro groups is 1. The van der Waals surface area contributed by atoms with Crippen molar-refractivity contribution in [2.24, 2.45) is 0 Å². The van der Waals surface area contributed by atoms with Gasteiger partial charge in [-0.15, -0.1) is 0 Å². The number of aliphatic hydroxyl groups is 1. The Bertz CT molecular complexity index is 969. The number of nitrogens with zero attached hydrogens (tertiary/aromatic N) is 2. The molecule has 2 atom stereocenters. The number of nitrogens with one attached hydrogen (secondary N) is 1. The lowest BCUT2D eigenvalue weighted by molar-refractivity contribution is -0.384. The van der Waals surface area contributed by atoms with Gasteiger partial charge < -0.3 is 15.0 Å². The summed E-state index contributed by atoms with van der Waals surface area (Å²) in [6, 6.07) is 10.4. The summed E-state index contributed by atoms with van der Waals surface area (Å²) in [4.78, 5) is 10.8. The maximum Gasteiger partial charge on any atom is 0.270 e. The molecule has 0 bridgehead atoms. The molecule has 0 radical (unpaired) electrons. The van der Waals surface area contributed by atoms with Gasteiger partial charge in [-0.1, -0.05) is 11.6 Å². The molecular formula is C18H18ClN3O3. The number of hydrogen-bond acceptors (Lipinski definition) is 4. The van der Waals surface area contributed by atoms with Gasteiger partial charge in [-0.05, 0) is 43.7 Å². The molecule has 130 valence electrons. The van der Waals surface area contributed by atoms with Crippen LogP contribution in [-0.4, -0.2) is 33.8 Å². The van der Waals surface area contributed by atoms with Gasteiger partial charge in [0.1, 0.15) is 0 Å². The van der Waals surface area contributed by atoms with E-state index in [1.54, 1.807) is 12.1 Å². The van der Waals surface area contributed by atoms with E-state index < -0.39 is 11.0 Å². The Morgan fingerprint density at radius 1 is 1.20 bits per heavy atom. The van der Waals surface area contributed by atoms with Crippen LogP contribution in [-0.2, 0) is 0 Å². The highest BCUT2D eigenvalue weighted by Crippen LogP contribution is 2.37. The number of benzene rings is 2. The summed E-state index contributed by atoms with van der Waals surface area (Å²) < 4.78 is 2.11. The monoisotopic (exact) mass is 359 g/mol. The lowest BCUT2D eigenvalue weighted by atomic mass is 10.1. The molecule has 2 heterocycles. The van der Waals surface area contributed by atoms with Gasteiger partial charge in [0.2, 0.25) is 0 Å². The number of aliphatic hydroxyl groups excluding tert-OH is 1. The maximum atomic E-state index is 11.2. The van der Waals surface area contributed by atoms with Gasteiger partial charge in [0.05, 0.1) is 17.1 Å². The van der Waals surface area contributed by atoms with Crippen LogP contribution in [0.3, 0.4) is 0 Å². The van der Waals surface area contributed by atoms with Gasteiger partial charge in [0, 0.05) is 45.5 Å². The molecule has 0 unspecified atom stereocenters. The Kier molecular flexibility index (Phi) is 4.11. The fourth-order valence-electron chi connectivity index (χ4n) is 3.80. The molecule has 1 saturated heterocycles. The lowest BCUT2D eigenvalue weighted by Gasteiger charge is -2.24. The first-order valence-corrected chi connectivity index (χ1v) is 8.70. The van der Waals surface area contributed by atoms with Crippen LogP contribution in [0.25, 0.3) is 21.8 Å². The van der Waals surface area contributed by atoms with E-state index in [1.807, 2.05) is 18.2 Å². The molecule has 1 aliphatic rings. The third kappa shape index (κ3) is 2.76. The van der Waals surface area contributed by atoms with Gasteiger partial charge in [0.15, 0.2) is 0 Å². The Labute approximate surface area is 149 Å². The number of rotatable bonds is 2. The van der Waals surface area contributed by atoms with E-state index in [1.165, 1.54) is 6.07 Å². The molecule has 7 heteroatoms. The minimum atomic E-state index is -0.521. The van der Waals surface area contributed by atoms with Gasteiger partial charge in [-0.2, -0.15) is 0 Å². The molecule has 6 nitrogen and oxygen atoms in total. The van der Waals surface area contributed by atoms with Crippen molar-refractivity contribution >= 4 is 39.1 Å². The molecule has 0 spiro atoms. The Balaban J connectivity index is 2.02. The van der Waals surface area contributed by atoms with Crippen molar-refractivity contribution in [1.82, 2.24) is 9.88 Å². The fourth-order valence-corrected chi connectivity index (χ4v) is 3.97. The number of non-ortho nitro benzene ring substituents is 1. The van der Waals surface area contributed by atoms with E-state index in [4.69, 9.17) is 11.6 Å². The van der Waals surface area contributed by atoms with Crippen molar-refractivity contribution in [1.29, 1.82) is 0 Å². The summed E-state index contributed by atoms with van der Waals surface area (Å²) in [6.45, 7) is 1.41. The largest absolute Gasteiger partial charge is 0.390 e. The first-order chi connectivity index (χ1) is 12.1. The summed E-state index contributed by atoms with van der Waals surface area (Å²) in [6.07, 6.45) is 1.28. The predicted molar refractivity (Wildman–Crippen MR) is 98.3 cm³/mol. The van der Waals surface area contributed by atoms with Gasteiger partial charge in [0.25, 0.3) is 5.69 Å². The Morgan fingerprint density at radius 2 is 1.92 bits per heavy atom. The molecule has 0 aliphatic carbocycles. The third-order valence-corrected chi connectivity index (χ3v) is 5.18. The van der Waals surface area contributed by atoms with Crippen LogP contribution < -0.4 is 5.32 Å². The minimum absolute atomic E-state index is 0.0506. The van der Waals surface area contributed by atoms with Crippen molar-refractivity contribution in [2.75, 3.05) is 13.1 Å². The van der Waals surface area contributed by atoms with Crippen LogP contribution in [0.15, 0.2) is 36.4 Å². The number of halogens is 1. The van der Waals surface area contributed by atoms with Crippen LogP contribution in [0.2, 0.25) is 5.02 Å². The summed E-state index contributed by atoms with van der Waals surface area (Å²) in [7, 11) is 0. The first-order valence-electron chi connectivity index (χ1n) is 8.32. The highest BCUT2D eigenvalue weighted by molar-refractivity contribution is 6.31. The van der Waals surface area contributed by atoms with Crippen molar-refractivity contribution in [2.45, 2.75) is 25.0 Å². The van der Waals surface area contributed by atoms with E-state index in [-0.39, 0.29) is 11.7 Å². The number of β-amino-alcohol motifs (C(OH)–C–C–N with tert-alkyl or cyclic N) is 1. The minimum Gasteiger partial charge on any atom is -0.390 e. The molecule has 1 aliphatic heterocycles. The van der Waals surface area contributed by atoms with Crippen LogP contribution >= 0.6 is 11.6 Å². The smallest absolute Gasteiger partial charge is 0.270 e. The summed E-state index contributed by atoms with van der Waals surface area (Å²) in [5.74, 6) is 0. The second-order valence-electron chi connectivity index (χ2n) is 6.47. The van der Waals surface area contributed by atoms with Gasteiger partial charge in [-0.3, -0.25) is 10.1 Å². The molecule has 3 aromatic rings. The topological polar surface area (TPSA) is 80.3 Å². The maximum absolute atomic E-state index is 11.2. The SMILES string of the molecule is O=[N+]([O-])c1ccc2c(c1)c1cc(Cl)ccc1n2[C@@H]1CCCNC[C@H]1O. The second kappa shape index (κ2) is 6.29.